The van der Waals surface area contributed by atoms with E-state index in [1.165, 1.54) is 6.42 Å². The highest BCUT2D eigenvalue weighted by atomic mass is 127. The van der Waals surface area contributed by atoms with Crippen LogP contribution in [0, 0.1) is 5.92 Å². The van der Waals surface area contributed by atoms with Gasteiger partial charge in [-0.3, -0.25) is 4.99 Å². The van der Waals surface area contributed by atoms with Gasteiger partial charge in [-0.15, -0.1) is 24.0 Å². The first-order chi connectivity index (χ1) is 8.97. The molecule has 0 spiro atoms. The lowest BCUT2D eigenvalue weighted by atomic mass is 9.98. The Labute approximate surface area is 142 Å². The Morgan fingerprint density at radius 3 is 2.20 bits per heavy atom. The van der Waals surface area contributed by atoms with Gasteiger partial charge in [0.15, 0.2) is 5.96 Å². The van der Waals surface area contributed by atoms with Gasteiger partial charge in [-0.25, -0.2) is 0 Å². The first-order valence-electron chi connectivity index (χ1n) is 7.72. The largest absolute Gasteiger partial charge is 0.388 e. The Hall–Kier alpha value is -0.0400. The lowest BCUT2D eigenvalue weighted by Crippen LogP contribution is -2.40. The van der Waals surface area contributed by atoms with Crippen molar-refractivity contribution in [1.82, 2.24) is 10.6 Å². The minimum Gasteiger partial charge on any atom is -0.388 e. The monoisotopic (exact) mass is 399 g/mol. The third-order valence-electron chi connectivity index (χ3n) is 3.44. The van der Waals surface area contributed by atoms with Gasteiger partial charge in [0.1, 0.15) is 0 Å². The number of nitrogens with zero attached hydrogens (tertiary/aromatic N) is 1. The fourth-order valence-electron chi connectivity index (χ4n) is 1.76. The van der Waals surface area contributed by atoms with Gasteiger partial charge in [0.05, 0.1) is 12.1 Å². The van der Waals surface area contributed by atoms with Gasteiger partial charge in [-0.05, 0) is 38.5 Å². The molecule has 0 unspecified atom stereocenters. The molecule has 0 amide bonds. The summed E-state index contributed by atoms with van der Waals surface area (Å²) < 4.78 is 0. The van der Waals surface area contributed by atoms with E-state index >= 15 is 0 Å². The van der Waals surface area contributed by atoms with Crippen LogP contribution in [0.4, 0.5) is 0 Å². The highest BCUT2D eigenvalue weighted by Crippen LogP contribution is 2.14. The van der Waals surface area contributed by atoms with Crippen molar-refractivity contribution in [3.63, 3.8) is 0 Å². The highest BCUT2D eigenvalue weighted by molar-refractivity contribution is 14.0. The standard InChI is InChI=1S/C15H33N3O.HI/c1-6-15(19,7-2)12-18-14(16-8-3)17-11-9-10-13(4)5;/h13,19H,6-12H2,1-5H3,(H2,16,17,18);1H. The second kappa shape index (κ2) is 12.7. The van der Waals surface area contributed by atoms with Crippen molar-refractivity contribution in [2.45, 2.75) is 65.9 Å². The number of guanidine groups is 1. The predicted octanol–water partition coefficient (Wildman–Crippen LogP) is 3.15. The van der Waals surface area contributed by atoms with Crippen LogP contribution in [0.3, 0.4) is 0 Å². The van der Waals surface area contributed by atoms with Crippen molar-refractivity contribution in [2.24, 2.45) is 10.9 Å². The van der Waals surface area contributed by atoms with Crippen LogP contribution in [0.15, 0.2) is 4.99 Å². The van der Waals surface area contributed by atoms with Crippen molar-refractivity contribution in [1.29, 1.82) is 0 Å². The van der Waals surface area contributed by atoms with Gasteiger partial charge < -0.3 is 15.7 Å². The summed E-state index contributed by atoms with van der Waals surface area (Å²) in [6, 6.07) is 0. The highest BCUT2D eigenvalue weighted by Gasteiger charge is 2.21. The van der Waals surface area contributed by atoms with E-state index in [0.29, 0.717) is 6.54 Å². The maximum atomic E-state index is 10.2. The quantitative estimate of drug-likeness (QED) is 0.242. The molecular formula is C15H34IN3O. The number of hydrogen-bond acceptors (Lipinski definition) is 2. The summed E-state index contributed by atoms with van der Waals surface area (Å²) in [6.45, 7) is 12.8. The van der Waals surface area contributed by atoms with Crippen LogP contribution >= 0.6 is 24.0 Å². The number of halogens is 1. The number of aliphatic imine (C=N–C) groups is 1. The van der Waals surface area contributed by atoms with Gasteiger partial charge in [0, 0.05) is 13.1 Å². The molecular weight excluding hydrogens is 365 g/mol. The number of hydrogen-bond donors (Lipinski definition) is 3. The van der Waals surface area contributed by atoms with Crippen molar-refractivity contribution in [3.05, 3.63) is 0 Å². The van der Waals surface area contributed by atoms with Crippen molar-refractivity contribution in [2.75, 3.05) is 19.6 Å². The second-order valence-corrected chi connectivity index (χ2v) is 5.59. The molecule has 0 aliphatic carbocycles. The zero-order valence-electron chi connectivity index (χ0n) is 13.8. The molecule has 0 heterocycles. The van der Waals surface area contributed by atoms with Gasteiger partial charge in [-0.2, -0.15) is 0 Å². The molecule has 3 N–H and O–H groups in total. The van der Waals surface area contributed by atoms with Crippen LogP contribution in [0.5, 0.6) is 0 Å². The molecule has 0 bridgehead atoms. The Bertz CT molecular complexity index is 254. The molecule has 0 rings (SSSR count). The lowest BCUT2D eigenvalue weighted by Gasteiger charge is -2.23. The summed E-state index contributed by atoms with van der Waals surface area (Å²) in [5, 5.41) is 16.8. The van der Waals surface area contributed by atoms with E-state index in [9.17, 15) is 5.11 Å². The van der Waals surface area contributed by atoms with E-state index in [2.05, 4.69) is 36.4 Å². The first-order valence-corrected chi connectivity index (χ1v) is 7.72. The summed E-state index contributed by atoms with van der Waals surface area (Å²) in [5.41, 5.74) is -0.666. The summed E-state index contributed by atoms with van der Waals surface area (Å²) in [6.07, 6.45) is 3.84. The molecule has 0 saturated carbocycles. The molecule has 0 aliphatic rings. The Balaban J connectivity index is 0. The average Bonchev–Trinajstić information content (AvgIpc) is 2.40. The summed E-state index contributed by atoms with van der Waals surface area (Å²) in [7, 11) is 0. The van der Waals surface area contributed by atoms with Gasteiger partial charge >= 0.3 is 0 Å². The van der Waals surface area contributed by atoms with Gasteiger partial charge in [-0.1, -0.05) is 27.7 Å². The average molecular weight is 399 g/mol. The third-order valence-corrected chi connectivity index (χ3v) is 3.44. The molecule has 0 aliphatic heterocycles. The molecule has 20 heavy (non-hydrogen) atoms. The third kappa shape index (κ3) is 10.7. The van der Waals surface area contributed by atoms with E-state index in [1.807, 2.05) is 13.8 Å². The zero-order valence-corrected chi connectivity index (χ0v) is 16.2. The molecule has 0 aromatic rings. The van der Waals surface area contributed by atoms with Crippen LogP contribution in [-0.4, -0.2) is 36.3 Å². The Kier molecular flexibility index (Phi) is 14.1. The SMILES string of the molecule is CCNC(=NCC(O)(CC)CC)NCCCC(C)C.I. The molecule has 0 saturated heterocycles. The van der Waals surface area contributed by atoms with Crippen LogP contribution < -0.4 is 10.6 Å². The Morgan fingerprint density at radius 2 is 1.75 bits per heavy atom. The minimum atomic E-state index is -0.666. The molecule has 0 fully saturated rings. The lowest BCUT2D eigenvalue weighted by molar-refractivity contribution is 0.0418. The van der Waals surface area contributed by atoms with Crippen LogP contribution in [0.2, 0.25) is 0 Å². The summed E-state index contributed by atoms with van der Waals surface area (Å²) in [4.78, 5) is 4.49. The fourth-order valence-corrected chi connectivity index (χ4v) is 1.76. The van der Waals surface area contributed by atoms with E-state index in [4.69, 9.17) is 0 Å². The van der Waals surface area contributed by atoms with E-state index < -0.39 is 5.60 Å². The van der Waals surface area contributed by atoms with Crippen molar-refractivity contribution >= 4 is 29.9 Å². The van der Waals surface area contributed by atoms with Crippen molar-refractivity contribution < 1.29 is 5.11 Å². The molecule has 0 aromatic carbocycles. The van der Waals surface area contributed by atoms with E-state index in [0.717, 1.165) is 44.2 Å². The first kappa shape index (κ1) is 22.2. The topological polar surface area (TPSA) is 56.7 Å². The second-order valence-electron chi connectivity index (χ2n) is 5.59. The molecule has 0 aromatic heterocycles. The number of rotatable bonds is 9. The maximum absolute atomic E-state index is 10.2. The minimum absolute atomic E-state index is 0. The molecule has 5 heteroatoms. The summed E-state index contributed by atoms with van der Waals surface area (Å²) >= 11 is 0. The number of aliphatic hydroxyl groups is 1. The smallest absolute Gasteiger partial charge is 0.191 e. The number of nitrogens with one attached hydrogen (secondary N) is 2. The predicted molar refractivity (Wildman–Crippen MR) is 99.0 cm³/mol. The van der Waals surface area contributed by atoms with E-state index in [-0.39, 0.29) is 24.0 Å². The molecule has 122 valence electrons. The summed E-state index contributed by atoms with van der Waals surface area (Å²) in [5.74, 6) is 1.55. The molecule has 4 nitrogen and oxygen atoms in total. The van der Waals surface area contributed by atoms with Crippen LogP contribution in [0.1, 0.15) is 60.3 Å². The maximum Gasteiger partial charge on any atom is 0.191 e. The molecule has 0 atom stereocenters. The fraction of sp³-hybridized carbons (Fsp3) is 0.933. The van der Waals surface area contributed by atoms with Crippen molar-refractivity contribution in [3.8, 4) is 0 Å². The van der Waals surface area contributed by atoms with E-state index in [1.54, 1.807) is 0 Å². The Morgan fingerprint density at radius 1 is 1.15 bits per heavy atom. The van der Waals surface area contributed by atoms with Gasteiger partial charge in [0.2, 0.25) is 0 Å². The molecule has 0 radical (unpaired) electrons. The van der Waals surface area contributed by atoms with Crippen LogP contribution in [-0.2, 0) is 0 Å². The normalized spacial score (nSPS) is 12.2. The zero-order chi connectivity index (χ0) is 14.7. The van der Waals surface area contributed by atoms with Crippen LogP contribution in [0.25, 0.3) is 0 Å². The van der Waals surface area contributed by atoms with Gasteiger partial charge in [0.25, 0.3) is 0 Å².